The average Bonchev–Trinajstić information content (AvgIpc) is 3.18. The number of aromatic nitrogens is 1. The maximum atomic E-state index is 10.9. The highest BCUT2D eigenvalue weighted by atomic mass is 32.1. The number of ether oxygens (including phenoxy) is 2. The van der Waals surface area contributed by atoms with Gasteiger partial charge in [-0.05, 0) is 48.2 Å². The first-order valence-electron chi connectivity index (χ1n) is 9.86. The molecule has 5 nitrogen and oxygen atoms in total. The Kier molecular flexibility index (Phi) is 5.74. The summed E-state index contributed by atoms with van der Waals surface area (Å²) >= 11 is 1.61. The zero-order valence-electron chi connectivity index (χ0n) is 16.7. The molecule has 0 spiro atoms. The minimum absolute atomic E-state index is 0.0351. The Balaban J connectivity index is 1.45. The molecular formula is C23H26N2O3S. The van der Waals surface area contributed by atoms with Crippen molar-refractivity contribution >= 4 is 17.0 Å². The Labute approximate surface area is 175 Å². The van der Waals surface area contributed by atoms with Gasteiger partial charge in [-0.15, -0.1) is 11.3 Å². The molecule has 0 aliphatic carbocycles. The fraction of sp³-hybridized carbons (Fsp3) is 0.348. The maximum absolute atomic E-state index is 10.9. The third-order valence-corrected chi connectivity index (χ3v) is 6.01. The van der Waals surface area contributed by atoms with Crippen molar-refractivity contribution in [3.63, 3.8) is 0 Å². The van der Waals surface area contributed by atoms with E-state index in [0.29, 0.717) is 37.1 Å². The lowest BCUT2D eigenvalue weighted by Crippen LogP contribution is -2.27. The summed E-state index contributed by atoms with van der Waals surface area (Å²) in [5.41, 5.74) is 9.56. The fourth-order valence-electron chi connectivity index (χ4n) is 3.52. The van der Waals surface area contributed by atoms with Crippen molar-refractivity contribution in [2.75, 3.05) is 12.3 Å². The number of hydrogen-bond donors (Lipinski definition) is 2. The quantitative estimate of drug-likeness (QED) is 0.575. The summed E-state index contributed by atoms with van der Waals surface area (Å²) in [4.78, 5) is 4.60. The molecule has 0 bridgehead atoms. The predicted octanol–water partition coefficient (Wildman–Crippen LogP) is 4.71. The summed E-state index contributed by atoms with van der Waals surface area (Å²) in [6.07, 6.45) is 0.0875. The minimum atomic E-state index is -0.615. The summed E-state index contributed by atoms with van der Waals surface area (Å²) in [6, 6.07) is 13.4. The Morgan fingerprint density at radius 3 is 2.90 bits per heavy atom. The van der Waals surface area contributed by atoms with Gasteiger partial charge in [-0.1, -0.05) is 26.0 Å². The Morgan fingerprint density at radius 1 is 1.28 bits per heavy atom. The van der Waals surface area contributed by atoms with E-state index in [9.17, 15) is 5.11 Å². The molecule has 0 fully saturated rings. The van der Waals surface area contributed by atoms with Crippen LogP contribution >= 0.6 is 11.3 Å². The maximum Gasteiger partial charge on any atom is 0.140 e. The van der Waals surface area contributed by atoms with E-state index in [2.05, 4.69) is 24.2 Å². The van der Waals surface area contributed by atoms with Gasteiger partial charge in [0.2, 0.25) is 0 Å². The van der Waals surface area contributed by atoms with Crippen molar-refractivity contribution < 1.29 is 14.6 Å². The molecule has 3 aromatic rings. The monoisotopic (exact) mass is 410 g/mol. The number of fused-ring (bicyclic) bond motifs is 1. The second kappa shape index (κ2) is 8.43. The molecule has 1 aliphatic heterocycles. The lowest BCUT2D eigenvalue weighted by molar-refractivity contribution is 0.0504. The third kappa shape index (κ3) is 4.54. The molecule has 2 unspecified atom stereocenters. The zero-order chi connectivity index (χ0) is 20.4. The van der Waals surface area contributed by atoms with Gasteiger partial charge >= 0.3 is 0 Å². The highest BCUT2D eigenvalue weighted by molar-refractivity contribution is 7.09. The molecule has 152 valence electrons. The lowest BCUT2D eigenvalue weighted by atomic mass is 9.88. The van der Waals surface area contributed by atoms with Crippen molar-refractivity contribution in [1.29, 1.82) is 0 Å². The van der Waals surface area contributed by atoms with Gasteiger partial charge in [0.25, 0.3) is 0 Å². The number of rotatable bonds is 6. The molecular weight excluding hydrogens is 384 g/mol. The van der Waals surface area contributed by atoms with E-state index in [-0.39, 0.29) is 5.92 Å². The number of nitrogens with zero attached hydrogens (tertiary/aromatic N) is 1. The molecule has 0 amide bonds. The second-order valence-electron chi connectivity index (χ2n) is 7.77. The van der Waals surface area contributed by atoms with Crippen LogP contribution in [0.3, 0.4) is 0 Å². The van der Waals surface area contributed by atoms with Gasteiger partial charge in [-0.25, -0.2) is 4.98 Å². The van der Waals surface area contributed by atoms with E-state index < -0.39 is 6.10 Å². The van der Waals surface area contributed by atoms with Gasteiger partial charge in [0.15, 0.2) is 0 Å². The summed E-state index contributed by atoms with van der Waals surface area (Å²) in [5.74, 6) is 1.79. The first kappa shape index (κ1) is 19.7. The first-order valence-corrected chi connectivity index (χ1v) is 10.7. The molecule has 2 atom stereocenters. The fourth-order valence-corrected chi connectivity index (χ4v) is 4.38. The zero-order valence-corrected chi connectivity index (χ0v) is 17.5. The van der Waals surface area contributed by atoms with Crippen LogP contribution in [0, 0.1) is 5.92 Å². The largest absolute Gasteiger partial charge is 0.493 e. The predicted molar refractivity (Wildman–Crippen MR) is 115 cm³/mol. The molecule has 0 saturated carbocycles. The van der Waals surface area contributed by atoms with Crippen LogP contribution in [0.2, 0.25) is 0 Å². The highest BCUT2D eigenvalue weighted by Crippen LogP contribution is 2.39. The molecule has 29 heavy (non-hydrogen) atoms. The Hall–Kier alpha value is -2.57. The van der Waals surface area contributed by atoms with Crippen molar-refractivity contribution in [1.82, 2.24) is 4.98 Å². The van der Waals surface area contributed by atoms with Gasteiger partial charge in [-0.2, -0.15) is 0 Å². The minimum Gasteiger partial charge on any atom is -0.493 e. The molecule has 4 rings (SSSR count). The summed E-state index contributed by atoms with van der Waals surface area (Å²) < 4.78 is 11.8. The van der Waals surface area contributed by atoms with Crippen LogP contribution in [-0.4, -0.2) is 16.7 Å². The Morgan fingerprint density at radius 2 is 2.14 bits per heavy atom. The number of benzene rings is 2. The van der Waals surface area contributed by atoms with E-state index in [1.54, 1.807) is 11.3 Å². The van der Waals surface area contributed by atoms with Crippen LogP contribution in [0.15, 0.2) is 47.8 Å². The van der Waals surface area contributed by atoms with Crippen molar-refractivity contribution in [2.24, 2.45) is 5.92 Å². The SMILES string of the molecule is CC(C)c1csc(COc2ccc3c(c2)C(O)C(Cc2cccc(N)c2)CO3)n1. The van der Waals surface area contributed by atoms with Gasteiger partial charge in [0.1, 0.15) is 23.1 Å². The van der Waals surface area contributed by atoms with E-state index in [4.69, 9.17) is 15.2 Å². The molecule has 0 saturated heterocycles. The third-order valence-electron chi connectivity index (χ3n) is 5.17. The normalized spacial score (nSPS) is 18.3. The van der Waals surface area contributed by atoms with Crippen LogP contribution < -0.4 is 15.2 Å². The van der Waals surface area contributed by atoms with Gasteiger partial charge < -0.3 is 20.3 Å². The van der Waals surface area contributed by atoms with Crippen LogP contribution in [0.1, 0.15) is 47.7 Å². The molecule has 6 heteroatoms. The summed E-state index contributed by atoms with van der Waals surface area (Å²) in [5, 5.41) is 14.0. The van der Waals surface area contributed by atoms with Gasteiger partial charge in [-0.3, -0.25) is 0 Å². The van der Waals surface area contributed by atoms with E-state index in [0.717, 1.165) is 27.5 Å². The van der Waals surface area contributed by atoms with E-state index in [1.165, 1.54) is 0 Å². The molecule has 1 aromatic heterocycles. The van der Waals surface area contributed by atoms with Gasteiger partial charge in [0, 0.05) is 22.5 Å². The molecule has 1 aliphatic rings. The average molecular weight is 411 g/mol. The number of hydrogen-bond acceptors (Lipinski definition) is 6. The van der Waals surface area contributed by atoms with Crippen LogP contribution in [0.25, 0.3) is 0 Å². The number of thiazole rings is 1. The summed E-state index contributed by atoms with van der Waals surface area (Å²) in [7, 11) is 0. The summed E-state index contributed by atoms with van der Waals surface area (Å²) in [6.45, 7) is 5.15. The van der Waals surface area contributed by atoms with Gasteiger partial charge in [0.05, 0.1) is 18.4 Å². The smallest absolute Gasteiger partial charge is 0.140 e. The number of anilines is 1. The number of aliphatic hydroxyl groups excluding tert-OH is 1. The van der Waals surface area contributed by atoms with Crippen molar-refractivity contribution in [3.05, 3.63) is 69.7 Å². The number of aliphatic hydroxyl groups is 1. The van der Waals surface area contributed by atoms with Crippen molar-refractivity contribution in [3.8, 4) is 11.5 Å². The molecule has 3 N–H and O–H groups in total. The second-order valence-corrected chi connectivity index (χ2v) is 8.72. The van der Waals surface area contributed by atoms with Crippen LogP contribution in [0.4, 0.5) is 5.69 Å². The van der Waals surface area contributed by atoms with Crippen LogP contribution in [-0.2, 0) is 13.0 Å². The van der Waals surface area contributed by atoms with E-state index >= 15 is 0 Å². The molecule has 2 aromatic carbocycles. The topological polar surface area (TPSA) is 77.6 Å². The Bertz CT molecular complexity index is 986. The standard InChI is InChI=1S/C23H26N2O3S/c1-14(2)20-13-29-22(25-20)12-27-18-6-7-21-19(10-18)23(26)16(11-28-21)8-15-4-3-5-17(24)9-15/h3-7,9-10,13-14,16,23,26H,8,11-12,24H2,1-2H3. The van der Waals surface area contributed by atoms with E-state index in [1.807, 2.05) is 42.5 Å². The number of nitrogen functional groups attached to an aromatic ring is 1. The highest BCUT2D eigenvalue weighted by Gasteiger charge is 2.30. The lowest BCUT2D eigenvalue weighted by Gasteiger charge is -2.30. The molecule has 0 radical (unpaired) electrons. The first-order chi connectivity index (χ1) is 14.0. The number of nitrogens with two attached hydrogens (primary N) is 1. The molecule has 2 heterocycles. The van der Waals surface area contributed by atoms with Crippen molar-refractivity contribution in [2.45, 2.75) is 38.9 Å². The van der Waals surface area contributed by atoms with Crippen LogP contribution in [0.5, 0.6) is 11.5 Å².